The van der Waals surface area contributed by atoms with E-state index >= 15 is 0 Å². The lowest BCUT2D eigenvalue weighted by atomic mass is 10.1. The van der Waals surface area contributed by atoms with Crippen LogP contribution in [0, 0.1) is 5.82 Å². The summed E-state index contributed by atoms with van der Waals surface area (Å²) in [5.74, 6) is -1.15. The number of benzene rings is 1. The number of nitrogens with one attached hydrogen (secondary N) is 1. The second kappa shape index (κ2) is 7.17. The van der Waals surface area contributed by atoms with Crippen LogP contribution in [0.15, 0.2) is 18.2 Å². The van der Waals surface area contributed by atoms with Gasteiger partial charge >= 0.3 is 0 Å². The van der Waals surface area contributed by atoms with E-state index in [2.05, 4.69) is 5.32 Å². The highest BCUT2D eigenvalue weighted by atomic mass is 32.2. The molecular weight excluding hydrogens is 311 g/mol. The van der Waals surface area contributed by atoms with Gasteiger partial charge in [-0.1, -0.05) is 6.07 Å². The smallest absolute Gasteiger partial charge is 0.215 e. The molecule has 1 N–H and O–H groups in total. The van der Waals surface area contributed by atoms with E-state index in [-0.39, 0.29) is 17.9 Å². The van der Waals surface area contributed by atoms with Crippen LogP contribution in [0.1, 0.15) is 17.3 Å². The molecule has 1 aliphatic heterocycles. The zero-order valence-corrected chi connectivity index (χ0v) is 13.2. The molecule has 1 aromatic rings. The van der Waals surface area contributed by atoms with Gasteiger partial charge in [0, 0.05) is 25.3 Å². The molecule has 0 aliphatic carbocycles. The van der Waals surface area contributed by atoms with Gasteiger partial charge in [-0.25, -0.2) is 12.8 Å². The molecule has 2 rings (SSSR count). The number of ketones is 1. The van der Waals surface area contributed by atoms with Gasteiger partial charge in [0.1, 0.15) is 5.82 Å². The summed E-state index contributed by atoms with van der Waals surface area (Å²) in [7, 11) is -3.38. The predicted molar refractivity (Wildman–Crippen MR) is 81.1 cm³/mol. The highest BCUT2D eigenvalue weighted by Crippen LogP contribution is 2.19. The van der Waals surface area contributed by atoms with Crippen molar-refractivity contribution in [3.63, 3.8) is 0 Å². The van der Waals surface area contributed by atoms with Gasteiger partial charge in [0.05, 0.1) is 24.5 Å². The monoisotopic (exact) mass is 330 g/mol. The van der Waals surface area contributed by atoms with Crippen LogP contribution >= 0.6 is 0 Å². The summed E-state index contributed by atoms with van der Waals surface area (Å²) in [5, 5.41) is 2.83. The first kappa shape index (κ1) is 16.9. The van der Waals surface area contributed by atoms with Crippen molar-refractivity contribution in [1.29, 1.82) is 0 Å². The van der Waals surface area contributed by atoms with E-state index in [1.807, 2.05) is 0 Å². The second-order valence-corrected chi connectivity index (χ2v) is 7.06. The maximum Gasteiger partial charge on any atom is 0.215 e. The van der Waals surface area contributed by atoms with Crippen LogP contribution in [0.4, 0.5) is 10.1 Å². The Balaban J connectivity index is 1.99. The van der Waals surface area contributed by atoms with Crippen LogP contribution in [-0.4, -0.2) is 57.1 Å². The lowest BCUT2D eigenvalue weighted by Crippen LogP contribution is -2.42. The third-order valence-electron chi connectivity index (χ3n) is 3.40. The number of halogens is 1. The Bertz CT molecular complexity index is 642. The summed E-state index contributed by atoms with van der Waals surface area (Å²) in [5.41, 5.74) is 0.260. The maximum absolute atomic E-state index is 13.7. The second-order valence-electron chi connectivity index (χ2n) is 4.97. The Morgan fingerprint density at radius 2 is 2.05 bits per heavy atom. The number of rotatable bonds is 6. The van der Waals surface area contributed by atoms with Crippen LogP contribution in [0.5, 0.6) is 0 Å². The standard InChI is InChI=1S/C14H19FN2O4S/c1-11(18)14-12(15)3-2-4-13(14)16-5-10-22(19,20)17-6-8-21-9-7-17/h2-4,16H,5-10H2,1H3. The molecule has 1 saturated heterocycles. The van der Waals surface area contributed by atoms with Crippen molar-refractivity contribution in [3.8, 4) is 0 Å². The number of carbonyl (C=O) groups is 1. The number of hydrogen-bond donors (Lipinski definition) is 1. The minimum absolute atomic E-state index is 0.0497. The Kier molecular flexibility index (Phi) is 5.49. The number of morpholine rings is 1. The zero-order valence-electron chi connectivity index (χ0n) is 12.3. The Hall–Kier alpha value is -1.51. The van der Waals surface area contributed by atoms with Crippen molar-refractivity contribution in [2.45, 2.75) is 6.92 Å². The maximum atomic E-state index is 13.7. The van der Waals surface area contributed by atoms with Gasteiger partial charge in [-0.3, -0.25) is 4.79 Å². The molecule has 1 aliphatic rings. The molecule has 0 bridgehead atoms. The van der Waals surface area contributed by atoms with E-state index in [1.54, 1.807) is 6.07 Å². The van der Waals surface area contributed by atoms with Crippen molar-refractivity contribution >= 4 is 21.5 Å². The molecule has 0 amide bonds. The lowest BCUT2D eigenvalue weighted by Gasteiger charge is -2.26. The predicted octanol–water partition coefficient (Wildman–Crippen LogP) is 1.10. The highest BCUT2D eigenvalue weighted by molar-refractivity contribution is 7.89. The topological polar surface area (TPSA) is 75.7 Å². The third kappa shape index (κ3) is 4.02. The Labute approximate surface area is 129 Å². The summed E-state index contributed by atoms with van der Waals surface area (Å²) < 4.78 is 44.5. The molecule has 6 nitrogen and oxygen atoms in total. The summed E-state index contributed by atoms with van der Waals surface area (Å²) in [6.45, 7) is 2.86. The van der Waals surface area contributed by atoms with Gasteiger partial charge in [-0.2, -0.15) is 4.31 Å². The van der Waals surface area contributed by atoms with Crippen LogP contribution in [0.2, 0.25) is 0 Å². The quantitative estimate of drug-likeness (QED) is 0.791. The fourth-order valence-corrected chi connectivity index (χ4v) is 3.62. The van der Waals surface area contributed by atoms with Crippen molar-refractivity contribution in [2.24, 2.45) is 0 Å². The largest absolute Gasteiger partial charge is 0.383 e. The van der Waals surface area contributed by atoms with E-state index in [4.69, 9.17) is 4.74 Å². The van der Waals surface area contributed by atoms with E-state index < -0.39 is 21.6 Å². The van der Waals surface area contributed by atoms with E-state index in [0.717, 1.165) is 0 Å². The summed E-state index contributed by atoms with van der Waals surface area (Å²) in [4.78, 5) is 11.5. The van der Waals surface area contributed by atoms with Crippen LogP contribution in [0.3, 0.4) is 0 Å². The van der Waals surface area contributed by atoms with E-state index in [0.29, 0.717) is 32.0 Å². The van der Waals surface area contributed by atoms with Gasteiger partial charge in [-0.15, -0.1) is 0 Å². The van der Waals surface area contributed by atoms with E-state index in [9.17, 15) is 17.6 Å². The van der Waals surface area contributed by atoms with Gasteiger partial charge in [0.25, 0.3) is 0 Å². The highest BCUT2D eigenvalue weighted by Gasteiger charge is 2.24. The van der Waals surface area contributed by atoms with Crippen LogP contribution < -0.4 is 5.32 Å². The van der Waals surface area contributed by atoms with E-state index in [1.165, 1.54) is 23.4 Å². The first-order valence-electron chi connectivity index (χ1n) is 7.01. The first-order chi connectivity index (χ1) is 10.4. The average molecular weight is 330 g/mol. The molecular formula is C14H19FN2O4S. The number of ether oxygens (including phenoxy) is 1. The summed E-state index contributed by atoms with van der Waals surface area (Å²) in [6.07, 6.45) is 0. The SMILES string of the molecule is CC(=O)c1c(F)cccc1NCCS(=O)(=O)N1CCOCC1. The third-order valence-corrected chi connectivity index (χ3v) is 5.28. The first-order valence-corrected chi connectivity index (χ1v) is 8.61. The summed E-state index contributed by atoms with van der Waals surface area (Å²) >= 11 is 0. The number of anilines is 1. The number of sulfonamides is 1. The average Bonchev–Trinajstić information content (AvgIpc) is 2.47. The molecule has 1 aromatic carbocycles. The minimum Gasteiger partial charge on any atom is -0.383 e. The number of Topliss-reactive ketones (excluding diaryl/α,β-unsaturated/α-hetero) is 1. The molecule has 0 spiro atoms. The van der Waals surface area contributed by atoms with Crippen molar-refractivity contribution in [2.75, 3.05) is 43.9 Å². The molecule has 1 heterocycles. The number of carbonyl (C=O) groups excluding carboxylic acids is 1. The molecule has 1 fully saturated rings. The fraction of sp³-hybridized carbons (Fsp3) is 0.500. The molecule has 0 atom stereocenters. The van der Waals surface area contributed by atoms with Gasteiger partial charge in [0.15, 0.2) is 5.78 Å². The Morgan fingerprint density at radius 1 is 1.36 bits per heavy atom. The van der Waals surface area contributed by atoms with Gasteiger partial charge in [-0.05, 0) is 19.1 Å². The molecule has 22 heavy (non-hydrogen) atoms. The molecule has 0 unspecified atom stereocenters. The zero-order chi connectivity index (χ0) is 16.2. The lowest BCUT2D eigenvalue weighted by molar-refractivity contribution is 0.0731. The minimum atomic E-state index is -3.38. The fourth-order valence-electron chi connectivity index (χ4n) is 2.30. The summed E-state index contributed by atoms with van der Waals surface area (Å²) in [6, 6.07) is 4.23. The van der Waals surface area contributed by atoms with Crippen molar-refractivity contribution < 1.29 is 22.3 Å². The molecule has 8 heteroatoms. The Morgan fingerprint density at radius 3 is 2.68 bits per heavy atom. The number of hydrogen-bond acceptors (Lipinski definition) is 5. The normalized spacial score (nSPS) is 16.5. The van der Waals surface area contributed by atoms with Gasteiger partial charge in [0.2, 0.25) is 10.0 Å². The molecule has 0 aromatic heterocycles. The molecule has 0 saturated carbocycles. The molecule has 0 radical (unpaired) electrons. The van der Waals surface area contributed by atoms with Crippen molar-refractivity contribution in [3.05, 3.63) is 29.6 Å². The van der Waals surface area contributed by atoms with Crippen LogP contribution in [0.25, 0.3) is 0 Å². The van der Waals surface area contributed by atoms with Crippen LogP contribution in [-0.2, 0) is 14.8 Å². The molecule has 122 valence electrons. The van der Waals surface area contributed by atoms with Gasteiger partial charge < -0.3 is 10.1 Å². The van der Waals surface area contributed by atoms with Crippen molar-refractivity contribution in [1.82, 2.24) is 4.31 Å². The number of nitrogens with zero attached hydrogens (tertiary/aromatic N) is 1.